The van der Waals surface area contributed by atoms with Gasteiger partial charge >= 0.3 is 0 Å². The topological polar surface area (TPSA) is 55.1 Å². The molecule has 1 unspecified atom stereocenters. The van der Waals surface area contributed by atoms with Gasteiger partial charge in [-0.2, -0.15) is 0 Å². The third-order valence-electron chi connectivity index (χ3n) is 2.76. The van der Waals surface area contributed by atoms with E-state index in [0.29, 0.717) is 19.0 Å². The van der Waals surface area contributed by atoms with Crippen LogP contribution in [0, 0.1) is 17.6 Å². The molecular formula is C13H18F2N2O. The molecule has 0 aliphatic rings. The fourth-order valence-corrected chi connectivity index (χ4v) is 1.54. The summed E-state index contributed by atoms with van der Waals surface area (Å²) in [5.41, 5.74) is 5.20. The van der Waals surface area contributed by atoms with Crippen molar-refractivity contribution in [1.29, 1.82) is 0 Å². The summed E-state index contributed by atoms with van der Waals surface area (Å²) in [5.74, 6) is -2.31. The third kappa shape index (κ3) is 4.07. The average Bonchev–Trinajstić information content (AvgIpc) is 2.37. The number of hydrogen-bond donors (Lipinski definition) is 2. The summed E-state index contributed by atoms with van der Waals surface area (Å²) in [6.45, 7) is 3.06. The van der Waals surface area contributed by atoms with Gasteiger partial charge in [-0.05, 0) is 37.4 Å². The highest BCUT2D eigenvalue weighted by atomic mass is 19.2. The van der Waals surface area contributed by atoms with Crippen molar-refractivity contribution in [2.45, 2.75) is 19.8 Å². The van der Waals surface area contributed by atoms with Gasteiger partial charge in [0.1, 0.15) is 0 Å². The second-order valence-electron chi connectivity index (χ2n) is 4.34. The van der Waals surface area contributed by atoms with Crippen molar-refractivity contribution < 1.29 is 13.6 Å². The van der Waals surface area contributed by atoms with Crippen LogP contribution in [0.15, 0.2) is 18.2 Å². The summed E-state index contributed by atoms with van der Waals surface area (Å²) in [4.78, 5) is 11.6. The zero-order valence-electron chi connectivity index (χ0n) is 10.4. The van der Waals surface area contributed by atoms with Crippen molar-refractivity contribution in [3.63, 3.8) is 0 Å². The Morgan fingerprint density at radius 1 is 1.44 bits per heavy atom. The normalized spacial score (nSPS) is 12.2. The minimum absolute atomic E-state index is 0.262. The van der Waals surface area contributed by atoms with Gasteiger partial charge in [0, 0.05) is 6.54 Å². The number of hydrogen-bond acceptors (Lipinski definition) is 2. The molecule has 0 saturated heterocycles. The number of nitrogens with two attached hydrogens (primary N) is 1. The van der Waals surface area contributed by atoms with E-state index in [0.717, 1.165) is 18.9 Å². The first-order valence-corrected chi connectivity index (χ1v) is 5.98. The Bertz CT molecular complexity index is 410. The van der Waals surface area contributed by atoms with Crippen LogP contribution >= 0.6 is 0 Å². The summed E-state index contributed by atoms with van der Waals surface area (Å²) < 4.78 is 26.2. The zero-order chi connectivity index (χ0) is 13.5. The van der Waals surface area contributed by atoms with Crippen LogP contribution in [0.3, 0.4) is 0 Å². The fraction of sp³-hybridized carbons (Fsp3) is 0.462. The third-order valence-corrected chi connectivity index (χ3v) is 2.76. The van der Waals surface area contributed by atoms with E-state index in [1.165, 1.54) is 12.1 Å². The molecular weight excluding hydrogens is 238 g/mol. The molecule has 0 bridgehead atoms. The van der Waals surface area contributed by atoms with Gasteiger partial charge in [0.05, 0.1) is 5.56 Å². The van der Waals surface area contributed by atoms with Gasteiger partial charge < -0.3 is 11.1 Å². The Balaban J connectivity index is 2.44. The Hall–Kier alpha value is -1.49. The van der Waals surface area contributed by atoms with Crippen LogP contribution in [0.2, 0.25) is 0 Å². The Morgan fingerprint density at radius 3 is 2.83 bits per heavy atom. The second kappa shape index (κ2) is 7.06. The van der Waals surface area contributed by atoms with Gasteiger partial charge in [-0.15, -0.1) is 0 Å². The summed E-state index contributed by atoms with van der Waals surface area (Å²) in [7, 11) is 0. The molecule has 0 fully saturated rings. The number of halogens is 2. The highest BCUT2D eigenvalue weighted by Gasteiger charge is 2.14. The molecule has 18 heavy (non-hydrogen) atoms. The largest absolute Gasteiger partial charge is 0.352 e. The van der Waals surface area contributed by atoms with Crippen molar-refractivity contribution in [3.05, 3.63) is 35.4 Å². The average molecular weight is 256 g/mol. The molecule has 1 amide bonds. The molecule has 0 saturated carbocycles. The zero-order valence-corrected chi connectivity index (χ0v) is 10.4. The van der Waals surface area contributed by atoms with E-state index in [9.17, 15) is 13.6 Å². The van der Waals surface area contributed by atoms with Crippen LogP contribution in [-0.2, 0) is 0 Å². The first-order valence-electron chi connectivity index (χ1n) is 5.98. The van der Waals surface area contributed by atoms with Crippen LogP contribution in [0.25, 0.3) is 0 Å². The maximum Gasteiger partial charge on any atom is 0.254 e. The predicted molar refractivity (Wildman–Crippen MR) is 66.1 cm³/mol. The van der Waals surface area contributed by atoms with E-state index in [-0.39, 0.29) is 5.56 Å². The first-order chi connectivity index (χ1) is 8.56. The van der Waals surface area contributed by atoms with E-state index in [1.54, 1.807) is 0 Å². The second-order valence-corrected chi connectivity index (χ2v) is 4.34. The van der Waals surface area contributed by atoms with E-state index < -0.39 is 17.5 Å². The van der Waals surface area contributed by atoms with Crippen molar-refractivity contribution >= 4 is 5.91 Å². The molecule has 1 aromatic rings. The van der Waals surface area contributed by atoms with Gasteiger partial charge in [-0.3, -0.25) is 4.79 Å². The van der Waals surface area contributed by atoms with Crippen LogP contribution in [-0.4, -0.2) is 19.0 Å². The molecule has 0 aromatic heterocycles. The van der Waals surface area contributed by atoms with Crippen molar-refractivity contribution in [2.24, 2.45) is 11.7 Å². The van der Waals surface area contributed by atoms with E-state index in [1.807, 2.05) is 6.92 Å². The number of nitrogens with one attached hydrogen (secondary N) is 1. The van der Waals surface area contributed by atoms with Gasteiger partial charge in [0.15, 0.2) is 11.6 Å². The lowest BCUT2D eigenvalue weighted by Gasteiger charge is -2.09. The minimum atomic E-state index is -1.11. The maximum absolute atomic E-state index is 13.3. The number of rotatable bonds is 6. The summed E-state index contributed by atoms with van der Waals surface area (Å²) in [5, 5.41) is 2.56. The molecule has 0 radical (unpaired) electrons. The molecule has 100 valence electrons. The lowest BCUT2D eigenvalue weighted by molar-refractivity contribution is 0.0947. The molecule has 5 heteroatoms. The SMILES string of the molecule is CC(CN)CCCNC(=O)c1cccc(F)c1F. The fourth-order valence-electron chi connectivity index (χ4n) is 1.54. The highest BCUT2D eigenvalue weighted by Crippen LogP contribution is 2.11. The van der Waals surface area contributed by atoms with E-state index in [2.05, 4.69) is 5.32 Å². The van der Waals surface area contributed by atoms with E-state index >= 15 is 0 Å². The van der Waals surface area contributed by atoms with Crippen molar-refractivity contribution in [1.82, 2.24) is 5.32 Å². The number of carbonyl (C=O) groups excluding carboxylic acids is 1. The van der Waals surface area contributed by atoms with E-state index in [4.69, 9.17) is 5.73 Å². The molecule has 0 aliphatic carbocycles. The molecule has 1 atom stereocenters. The van der Waals surface area contributed by atoms with Crippen molar-refractivity contribution in [3.8, 4) is 0 Å². The van der Waals surface area contributed by atoms with Gasteiger partial charge in [-0.1, -0.05) is 13.0 Å². The molecule has 3 nitrogen and oxygen atoms in total. The molecule has 1 rings (SSSR count). The standard InChI is InChI=1S/C13H18F2N2O/c1-9(8-16)4-3-7-17-13(18)10-5-2-6-11(14)12(10)15/h2,5-6,9H,3-4,7-8,16H2,1H3,(H,17,18). The Morgan fingerprint density at radius 2 is 2.17 bits per heavy atom. The summed E-state index contributed by atoms with van der Waals surface area (Å²) in [6, 6.07) is 3.55. The quantitative estimate of drug-likeness (QED) is 0.765. The van der Waals surface area contributed by atoms with Crippen molar-refractivity contribution in [2.75, 3.05) is 13.1 Å². The minimum Gasteiger partial charge on any atom is -0.352 e. The van der Waals surface area contributed by atoms with Crippen LogP contribution < -0.4 is 11.1 Å². The monoisotopic (exact) mass is 256 g/mol. The lowest BCUT2D eigenvalue weighted by Crippen LogP contribution is -2.26. The number of carbonyl (C=O) groups is 1. The molecule has 0 spiro atoms. The van der Waals surface area contributed by atoms with Crippen LogP contribution in [0.1, 0.15) is 30.1 Å². The highest BCUT2D eigenvalue weighted by molar-refractivity contribution is 5.94. The first kappa shape index (κ1) is 14.6. The smallest absolute Gasteiger partial charge is 0.254 e. The van der Waals surface area contributed by atoms with Gasteiger partial charge in [0.25, 0.3) is 5.91 Å². The summed E-state index contributed by atoms with van der Waals surface area (Å²) >= 11 is 0. The molecule has 1 aromatic carbocycles. The predicted octanol–water partition coefficient (Wildman–Crippen LogP) is 2.07. The van der Waals surface area contributed by atoms with Crippen LogP contribution in [0.5, 0.6) is 0 Å². The van der Waals surface area contributed by atoms with Gasteiger partial charge in [-0.25, -0.2) is 8.78 Å². The summed E-state index contributed by atoms with van der Waals surface area (Å²) in [6.07, 6.45) is 1.66. The maximum atomic E-state index is 13.3. The molecule has 3 N–H and O–H groups in total. The van der Waals surface area contributed by atoms with Crippen LogP contribution in [0.4, 0.5) is 8.78 Å². The Labute approximate surface area is 105 Å². The Kier molecular flexibility index (Phi) is 5.71. The molecule has 0 heterocycles. The number of amides is 1. The number of benzene rings is 1. The lowest BCUT2D eigenvalue weighted by atomic mass is 10.1. The van der Waals surface area contributed by atoms with Gasteiger partial charge in [0.2, 0.25) is 0 Å². The molecule has 0 aliphatic heterocycles.